The van der Waals surface area contributed by atoms with Crippen LogP contribution in [0.4, 0.5) is 15.8 Å². The van der Waals surface area contributed by atoms with Crippen LogP contribution >= 0.6 is 11.6 Å². The first kappa shape index (κ1) is 18.8. The molecule has 6 nitrogen and oxygen atoms in total. The van der Waals surface area contributed by atoms with Crippen molar-refractivity contribution in [3.8, 4) is 0 Å². The summed E-state index contributed by atoms with van der Waals surface area (Å²) in [6.45, 7) is -0.444. The van der Waals surface area contributed by atoms with Gasteiger partial charge in [-0.05, 0) is 24.3 Å². The summed E-state index contributed by atoms with van der Waals surface area (Å²) in [4.78, 5) is 37.6. The largest absolute Gasteiger partial charge is 0.455 e. The number of carbonyl (C=O) groups excluding carboxylic acids is 3. The lowest BCUT2D eigenvalue weighted by Crippen LogP contribution is -2.28. The summed E-state index contributed by atoms with van der Waals surface area (Å²) in [6.07, 6.45) is -0.0288. The summed E-state index contributed by atoms with van der Waals surface area (Å²) < 4.78 is 18.5. The highest BCUT2D eigenvalue weighted by Crippen LogP contribution is 2.31. The quantitative estimate of drug-likeness (QED) is 0.796. The fourth-order valence-electron chi connectivity index (χ4n) is 2.77. The minimum atomic E-state index is -0.699. The van der Waals surface area contributed by atoms with Gasteiger partial charge in [0.25, 0.3) is 5.91 Å². The van der Waals surface area contributed by atoms with Gasteiger partial charge >= 0.3 is 5.97 Å². The Labute approximate surface area is 159 Å². The van der Waals surface area contributed by atoms with Gasteiger partial charge in [0, 0.05) is 13.0 Å². The van der Waals surface area contributed by atoms with Crippen molar-refractivity contribution in [1.29, 1.82) is 0 Å². The van der Waals surface area contributed by atoms with Crippen molar-refractivity contribution in [3.05, 3.63) is 59.4 Å². The van der Waals surface area contributed by atoms with Crippen LogP contribution in [0.25, 0.3) is 0 Å². The van der Waals surface area contributed by atoms with Gasteiger partial charge in [-0.1, -0.05) is 35.9 Å². The molecule has 1 atom stereocenters. The summed E-state index contributed by atoms with van der Waals surface area (Å²) in [5, 5.41) is 2.73. The van der Waals surface area contributed by atoms with Gasteiger partial charge in [-0.25, -0.2) is 4.39 Å². The second-order valence-corrected chi connectivity index (χ2v) is 6.40. The molecule has 0 aliphatic carbocycles. The van der Waals surface area contributed by atoms with Crippen LogP contribution in [0, 0.1) is 11.7 Å². The molecule has 3 rings (SSSR count). The van der Waals surface area contributed by atoms with E-state index >= 15 is 0 Å². The molecular weight excluding hydrogens is 375 g/mol. The number of nitrogens with one attached hydrogen (secondary N) is 1. The maximum atomic E-state index is 13.5. The molecule has 0 radical (unpaired) electrons. The van der Waals surface area contributed by atoms with E-state index < -0.39 is 30.2 Å². The lowest BCUT2D eigenvalue weighted by molar-refractivity contribution is -0.151. The van der Waals surface area contributed by atoms with Crippen molar-refractivity contribution >= 4 is 40.8 Å². The number of anilines is 2. The maximum Gasteiger partial charge on any atom is 0.311 e. The molecule has 1 heterocycles. The average molecular weight is 391 g/mol. The third-order valence-corrected chi connectivity index (χ3v) is 4.41. The van der Waals surface area contributed by atoms with Crippen molar-refractivity contribution in [2.24, 2.45) is 5.92 Å². The molecule has 0 aromatic heterocycles. The first-order valence-corrected chi connectivity index (χ1v) is 8.59. The standard InChI is InChI=1S/C19H16ClFN2O4/c20-13-5-1-4-8-16(13)23-10-12(9-18(23)25)19(26)27-11-17(24)22-15-7-3-2-6-14(15)21/h1-8,12H,9-11H2,(H,22,24)/t12-/m0/s1. The molecule has 1 aliphatic rings. The second-order valence-electron chi connectivity index (χ2n) is 5.99. The fraction of sp³-hybridized carbons (Fsp3) is 0.211. The van der Waals surface area contributed by atoms with E-state index in [-0.39, 0.29) is 24.6 Å². The SMILES string of the molecule is O=C(COC(=O)[C@H]1CC(=O)N(c2ccccc2Cl)C1)Nc1ccccc1F. The Morgan fingerprint density at radius 3 is 2.63 bits per heavy atom. The summed E-state index contributed by atoms with van der Waals surface area (Å²) in [5.74, 6) is -2.87. The van der Waals surface area contributed by atoms with Gasteiger partial charge < -0.3 is 15.0 Å². The van der Waals surface area contributed by atoms with Crippen molar-refractivity contribution in [1.82, 2.24) is 0 Å². The molecule has 0 unspecified atom stereocenters. The number of hydrogen-bond acceptors (Lipinski definition) is 4. The van der Waals surface area contributed by atoms with Crippen LogP contribution in [-0.2, 0) is 19.1 Å². The van der Waals surface area contributed by atoms with E-state index in [0.29, 0.717) is 10.7 Å². The van der Waals surface area contributed by atoms with Gasteiger partial charge in [0.15, 0.2) is 6.61 Å². The number of para-hydroxylation sites is 2. The minimum absolute atomic E-state index is 0.000474. The number of hydrogen-bond donors (Lipinski definition) is 1. The third kappa shape index (κ3) is 4.43. The van der Waals surface area contributed by atoms with Crippen LogP contribution in [0.2, 0.25) is 5.02 Å². The third-order valence-electron chi connectivity index (χ3n) is 4.10. The number of carbonyl (C=O) groups is 3. The molecule has 8 heteroatoms. The molecule has 1 aliphatic heterocycles. The molecule has 140 valence electrons. The number of rotatable bonds is 5. The molecule has 2 aromatic rings. The highest BCUT2D eigenvalue weighted by Gasteiger charge is 2.37. The summed E-state index contributed by atoms with van der Waals surface area (Å²) in [6, 6.07) is 12.5. The first-order valence-electron chi connectivity index (χ1n) is 8.21. The van der Waals surface area contributed by atoms with E-state index in [1.807, 2.05) is 0 Å². The minimum Gasteiger partial charge on any atom is -0.455 e. The summed E-state index contributed by atoms with van der Waals surface area (Å²) in [7, 11) is 0. The molecule has 0 spiro atoms. The molecular formula is C19H16ClFN2O4. The molecule has 1 fully saturated rings. The number of esters is 1. The first-order chi connectivity index (χ1) is 13.0. The normalized spacial score (nSPS) is 16.3. The highest BCUT2D eigenvalue weighted by molar-refractivity contribution is 6.33. The van der Waals surface area contributed by atoms with Crippen LogP contribution in [-0.4, -0.2) is 30.9 Å². The Balaban J connectivity index is 1.54. The van der Waals surface area contributed by atoms with Crippen molar-refractivity contribution in [2.75, 3.05) is 23.4 Å². The lowest BCUT2D eigenvalue weighted by Gasteiger charge is -2.17. The molecule has 1 saturated heterocycles. The fourth-order valence-corrected chi connectivity index (χ4v) is 3.01. The van der Waals surface area contributed by atoms with Gasteiger partial charge in [-0.15, -0.1) is 0 Å². The Kier molecular flexibility index (Phi) is 5.71. The van der Waals surface area contributed by atoms with E-state index in [0.717, 1.165) is 0 Å². The van der Waals surface area contributed by atoms with Crippen LogP contribution < -0.4 is 10.2 Å². The smallest absolute Gasteiger partial charge is 0.311 e. The molecule has 0 bridgehead atoms. The van der Waals surface area contributed by atoms with Crippen molar-refractivity contribution < 1.29 is 23.5 Å². The van der Waals surface area contributed by atoms with E-state index in [1.54, 1.807) is 30.3 Å². The van der Waals surface area contributed by atoms with E-state index in [4.69, 9.17) is 16.3 Å². The van der Waals surface area contributed by atoms with Gasteiger partial charge in [0.1, 0.15) is 5.82 Å². The zero-order valence-electron chi connectivity index (χ0n) is 14.2. The Morgan fingerprint density at radius 2 is 1.89 bits per heavy atom. The maximum absolute atomic E-state index is 13.5. The highest BCUT2D eigenvalue weighted by atomic mass is 35.5. The van der Waals surface area contributed by atoms with Gasteiger partial charge in [-0.2, -0.15) is 0 Å². The van der Waals surface area contributed by atoms with E-state index in [1.165, 1.54) is 23.1 Å². The van der Waals surface area contributed by atoms with Crippen LogP contribution in [0.15, 0.2) is 48.5 Å². The van der Waals surface area contributed by atoms with Crippen LogP contribution in [0.1, 0.15) is 6.42 Å². The molecule has 0 saturated carbocycles. The Bertz CT molecular complexity index is 890. The van der Waals surface area contributed by atoms with Gasteiger partial charge in [0.2, 0.25) is 5.91 Å². The number of ether oxygens (including phenoxy) is 1. The molecule has 2 amide bonds. The molecule has 27 heavy (non-hydrogen) atoms. The monoisotopic (exact) mass is 390 g/mol. The zero-order chi connectivity index (χ0) is 19.4. The summed E-state index contributed by atoms with van der Waals surface area (Å²) in [5.41, 5.74) is 0.524. The predicted molar refractivity (Wildman–Crippen MR) is 97.9 cm³/mol. The second kappa shape index (κ2) is 8.18. The number of amides is 2. The van der Waals surface area contributed by atoms with E-state index in [9.17, 15) is 18.8 Å². The van der Waals surface area contributed by atoms with Gasteiger partial charge in [0.05, 0.1) is 22.3 Å². The Hall–Kier alpha value is -2.93. The average Bonchev–Trinajstić information content (AvgIpc) is 3.04. The zero-order valence-corrected chi connectivity index (χ0v) is 14.9. The predicted octanol–water partition coefficient (Wildman–Crippen LogP) is 3.01. The lowest BCUT2D eigenvalue weighted by atomic mass is 10.1. The number of benzene rings is 2. The molecule has 2 aromatic carbocycles. The van der Waals surface area contributed by atoms with Crippen molar-refractivity contribution in [2.45, 2.75) is 6.42 Å². The van der Waals surface area contributed by atoms with E-state index in [2.05, 4.69) is 5.32 Å². The number of halogens is 2. The summed E-state index contributed by atoms with van der Waals surface area (Å²) >= 11 is 6.10. The topological polar surface area (TPSA) is 75.7 Å². The van der Waals surface area contributed by atoms with Crippen LogP contribution in [0.3, 0.4) is 0 Å². The number of nitrogens with zero attached hydrogens (tertiary/aromatic N) is 1. The van der Waals surface area contributed by atoms with Gasteiger partial charge in [-0.3, -0.25) is 14.4 Å². The molecule has 1 N–H and O–H groups in total. The van der Waals surface area contributed by atoms with Crippen LogP contribution in [0.5, 0.6) is 0 Å². The van der Waals surface area contributed by atoms with Crippen molar-refractivity contribution in [3.63, 3.8) is 0 Å². The Morgan fingerprint density at radius 1 is 1.19 bits per heavy atom.